The van der Waals surface area contributed by atoms with E-state index in [-0.39, 0.29) is 11.8 Å². The summed E-state index contributed by atoms with van der Waals surface area (Å²) in [5, 5.41) is 6.07. The molecule has 9 heteroatoms. The molecule has 6 nitrogen and oxygen atoms in total. The van der Waals surface area contributed by atoms with Crippen molar-refractivity contribution in [1.29, 1.82) is 0 Å². The lowest BCUT2D eigenvalue weighted by Crippen LogP contribution is -2.29. The van der Waals surface area contributed by atoms with Crippen LogP contribution >= 0.6 is 0 Å². The second-order valence-electron chi connectivity index (χ2n) is 5.95. The first-order valence-corrected chi connectivity index (χ1v) is 8.11. The number of nitrogens with one attached hydrogen (secondary N) is 2. The summed E-state index contributed by atoms with van der Waals surface area (Å²) in [5.74, 6) is 0.599. The van der Waals surface area contributed by atoms with Gasteiger partial charge in [-0.15, -0.1) is 0 Å². The van der Waals surface area contributed by atoms with Crippen LogP contribution in [0.15, 0.2) is 42.7 Å². The highest BCUT2D eigenvalue weighted by Crippen LogP contribution is 2.24. The van der Waals surface area contributed by atoms with Gasteiger partial charge in [0.25, 0.3) is 0 Å². The van der Waals surface area contributed by atoms with Crippen molar-refractivity contribution in [3.05, 3.63) is 42.7 Å². The van der Waals surface area contributed by atoms with Gasteiger partial charge in [0.05, 0.1) is 23.6 Å². The van der Waals surface area contributed by atoms with Gasteiger partial charge in [-0.05, 0) is 18.2 Å². The molecular weight excluding hydrogens is 347 g/mol. The molecule has 1 saturated heterocycles. The van der Waals surface area contributed by atoms with Crippen molar-refractivity contribution in [2.75, 3.05) is 18.4 Å². The van der Waals surface area contributed by atoms with Crippen molar-refractivity contribution in [2.24, 2.45) is 0 Å². The zero-order chi connectivity index (χ0) is 18.1. The lowest BCUT2D eigenvalue weighted by molar-refractivity contribution is -0.0498. The molecule has 0 unspecified atom stereocenters. The maximum absolute atomic E-state index is 13.8. The predicted molar refractivity (Wildman–Crippen MR) is 90.2 cm³/mol. The molecule has 1 fully saturated rings. The van der Waals surface area contributed by atoms with Crippen molar-refractivity contribution in [3.8, 4) is 17.1 Å². The predicted octanol–water partition coefficient (Wildman–Crippen LogP) is 2.72. The van der Waals surface area contributed by atoms with Crippen molar-refractivity contribution in [2.45, 2.75) is 18.8 Å². The van der Waals surface area contributed by atoms with Gasteiger partial charge in [0.2, 0.25) is 0 Å². The molecule has 0 aromatic carbocycles. The van der Waals surface area contributed by atoms with Gasteiger partial charge < -0.3 is 15.4 Å². The minimum absolute atomic E-state index is 0.0377. The fourth-order valence-corrected chi connectivity index (χ4v) is 2.96. The fraction of sp³-hybridized carbons (Fsp3) is 0.294. The molecule has 1 aliphatic heterocycles. The summed E-state index contributed by atoms with van der Waals surface area (Å²) in [6, 6.07) is 7.92. The molecule has 4 rings (SSSR count). The number of hydrogen-bond acceptors (Lipinski definition) is 5. The van der Waals surface area contributed by atoms with Gasteiger partial charge in [0, 0.05) is 25.4 Å². The number of fused-ring (bicyclic) bond motifs is 1. The average molecular weight is 363 g/mol. The molecule has 136 valence electrons. The molecule has 26 heavy (non-hydrogen) atoms. The van der Waals surface area contributed by atoms with E-state index in [0.717, 1.165) is 0 Å². The number of nitrogens with zero attached hydrogens (tertiary/aromatic N) is 3. The highest BCUT2D eigenvalue weighted by molar-refractivity contribution is 5.62. The summed E-state index contributed by atoms with van der Waals surface area (Å²) in [5.41, 5.74) is 1.78. The number of ether oxygens (including phenoxy) is 1. The lowest BCUT2D eigenvalue weighted by Gasteiger charge is -2.15. The van der Waals surface area contributed by atoms with E-state index in [4.69, 9.17) is 0 Å². The summed E-state index contributed by atoms with van der Waals surface area (Å²) in [7, 11) is 0. The number of aromatic nitrogens is 3. The number of alkyl halides is 3. The molecule has 2 atom stereocenters. The van der Waals surface area contributed by atoms with E-state index >= 15 is 0 Å². The van der Waals surface area contributed by atoms with Gasteiger partial charge in [-0.2, -0.15) is 8.78 Å². The highest BCUT2D eigenvalue weighted by atomic mass is 19.3. The Balaban J connectivity index is 1.62. The van der Waals surface area contributed by atoms with Crippen LogP contribution in [0.5, 0.6) is 5.75 Å². The van der Waals surface area contributed by atoms with Crippen molar-refractivity contribution in [3.63, 3.8) is 0 Å². The van der Waals surface area contributed by atoms with Gasteiger partial charge in [-0.1, -0.05) is 6.07 Å². The summed E-state index contributed by atoms with van der Waals surface area (Å²) < 4.78 is 44.5. The fourth-order valence-electron chi connectivity index (χ4n) is 2.96. The quantitative estimate of drug-likeness (QED) is 0.730. The minimum atomic E-state index is -2.89. The normalized spacial score (nSPS) is 20.0. The number of rotatable bonds is 5. The molecule has 1 aliphatic rings. The molecule has 3 aromatic heterocycles. The average Bonchev–Trinajstić information content (AvgIpc) is 3.21. The van der Waals surface area contributed by atoms with E-state index < -0.39 is 12.8 Å². The van der Waals surface area contributed by atoms with Crippen molar-refractivity contribution in [1.82, 2.24) is 19.7 Å². The van der Waals surface area contributed by atoms with Crippen molar-refractivity contribution >= 4 is 11.5 Å². The van der Waals surface area contributed by atoms with E-state index in [9.17, 15) is 13.2 Å². The van der Waals surface area contributed by atoms with Gasteiger partial charge >= 0.3 is 6.61 Å². The second-order valence-corrected chi connectivity index (χ2v) is 5.95. The Labute approximate surface area is 147 Å². The van der Waals surface area contributed by atoms with Crippen LogP contribution in [0.25, 0.3) is 17.0 Å². The number of anilines is 1. The summed E-state index contributed by atoms with van der Waals surface area (Å²) in [6.45, 7) is -2.02. The van der Waals surface area contributed by atoms with Crippen LogP contribution in [0.3, 0.4) is 0 Å². The number of imidazole rings is 1. The number of halogens is 3. The van der Waals surface area contributed by atoms with E-state index in [1.807, 2.05) is 6.07 Å². The molecule has 0 aliphatic carbocycles. The number of pyridine rings is 2. The second kappa shape index (κ2) is 6.83. The Kier molecular flexibility index (Phi) is 4.37. The van der Waals surface area contributed by atoms with Gasteiger partial charge in [-0.3, -0.25) is 4.40 Å². The Morgan fingerprint density at radius 1 is 1.27 bits per heavy atom. The largest absolute Gasteiger partial charge is 0.435 e. The first kappa shape index (κ1) is 16.6. The Bertz CT molecular complexity index is 916. The van der Waals surface area contributed by atoms with Gasteiger partial charge in [-0.25, -0.2) is 14.4 Å². The van der Waals surface area contributed by atoms with E-state index in [2.05, 4.69) is 25.3 Å². The third-order valence-corrected chi connectivity index (χ3v) is 4.19. The third-order valence-electron chi connectivity index (χ3n) is 4.19. The molecule has 4 heterocycles. The maximum atomic E-state index is 13.8. The van der Waals surface area contributed by atoms with Crippen LogP contribution in [0.4, 0.5) is 19.0 Å². The summed E-state index contributed by atoms with van der Waals surface area (Å²) in [6.07, 6.45) is 2.22. The molecular formula is C17H16F3N5O. The zero-order valence-electron chi connectivity index (χ0n) is 13.6. The van der Waals surface area contributed by atoms with Crippen LogP contribution < -0.4 is 15.4 Å². The monoisotopic (exact) mass is 363 g/mol. The Morgan fingerprint density at radius 3 is 2.92 bits per heavy atom. The lowest BCUT2D eigenvalue weighted by atomic mass is 10.2. The van der Waals surface area contributed by atoms with Crippen LogP contribution in [0.2, 0.25) is 0 Å². The molecule has 2 N–H and O–H groups in total. The first-order valence-electron chi connectivity index (χ1n) is 8.11. The Morgan fingerprint density at radius 2 is 2.15 bits per heavy atom. The molecule has 0 saturated carbocycles. The van der Waals surface area contributed by atoms with Crippen LogP contribution in [0, 0.1) is 0 Å². The summed E-state index contributed by atoms with van der Waals surface area (Å²) in [4.78, 5) is 8.73. The Hall–Kier alpha value is -2.81. The molecule has 0 radical (unpaired) electrons. The van der Waals surface area contributed by atoms with E-state index in [1.165, 1.54) is 12.1 Å². The maximum Gasteiger partial charge on any atom is 0.387 e. The van der Waals surface area contributed by atoms with Crippen molar-refractivity contribution < 1.29 is 17.9 Å². The van der Waals surface area contributed by atoms with Gasteiger partial charge in [0.1, 0.15) is 23.4 Å². The van der Waals surface area contributed by atoms with Crippen LogP contribution in [-0.2, 0) is 0 Å². The van der Waals surface area contributed by atoms with Crippen LogP contribution in [-0.4, -0.2) is 46.3 Å². The smallest absolute Gasteiger partial charge is 0.387 e. The standard InChI is InChI=1S/C17H16F3N5O/c18-11-7-21-8-13(11)24-15-3-1-2-12(23-15)14-9-22-16-6-10(26-17(19)20)4-5-25(14)16/h1-6,9,11,13,17,21H,7-8H2,(H,23,24)/t11-,13-/m0/s1. The molecule has 0 spiro atoms. The van der Waals surface area contributed by atoms with Crippen LogP contribution in [0.1, 0.15) is 0 Å². The minimum Gasteiger partial charge on any atom is -0.435 e. The van der Waals surface area contributed by atoms with E-state index in [0.29, 0.717) is 35.9 Å². The third kappa shape index (κ3) is 3.30. The molecule has 3 aromatic rings. The summed E-state index contributed by atoms with van der Waals surface area (Å²) >= 11 is 0. The molecule has 0 amide bonds. The highest BCUT2D eigenvalue weighted by Gasteiger charge is 2.26. The number of hydrogen-bond donors (Lipinski definition) is 2. The molecule has 0 bridgehead atoms. The van der Waals surface area contributed by atoms with E-state index in [1.54, 1.807) is 28.9 Å². The van der Waals surface area contributed by atoms with Gasteiger partial charge in [0.15, 0.2) is 0 Å². The SMILES string of the molecule is FC(F)Oc1ccn2c(-c3cccc(N[C@H]4CNC[C@@H]4F)n3)cnc2c1. The zero-order valence-corrected chi connectivity index (χ0v) is 13.6. The topological polar surface area (TPSA) is 63.5 Å². The first-order chi connectivity index (χ1) is 12.6.